The molecule has 4 heteroatoms. The third kappa shape index (κ3) is 1.16. The summed E-state index contributed by atoms with van der Waals surface area (Å²) >= 11 is 0. The quantitative estimate of drug-likeness (QED) is 0.512. The minimum atomic E-state index is -0.373. The van der Waals surface area contributed by atoms with Crippen molar-refractivity contribution in [1.29, 1.82) is 0 Å². The summed E-state index contributed by atoms with van der Waals surface area (Å²) in [5.41, 5.74) is 2.14. The van der Waals surface area contributed by atoms with Gasteiger partial charge in [-0.3, -0.25) is 10.1 Å². The Morgan fingerprint density at radius 1 is 1.36 bits per heavy atom. The van der Waals surface area contributed by atoms with Gasteiger partial charge in [-0.1, -0.05) is 0 Å². The zero-order valence-electron chi connectivity index (χ0n) is 8.02. The van der Waals surface area contributed by atoms with Crippen molar-refractivity contribution in [2.24, 2.45) is 7.05 Å². The Labute approximate surface area is 80.9 Å². The van der Waals surface area contributed by atoms with E-state index in [0.717, 1.165) is 16.6 Å². The van der Waals surface area contributed by atoms with Gasteiger partial charge in [-0.2, -0.15) is 0 Å². The van der Waals surface area contributed by atoms with Gasteiger partial charge in [0.15, 0.2) is 0 Å². The minimum absolute atomic E-state index is 0.138. The highest BCUT2D eigenvalue weighted by Gasteiger charge is 2.08. The molecule has 0 radical (unpaired) electrons. The van der Waals surface area contributed by atoms with E-state index < -0.39 is 0 Å². The normalized spacial score (nSPS) is 10.7. The monoisotopic (exact) mass is 190 g/mol. The molecule has 2 aromatic rings. The van der Waals surface area contributed by atoms with Crippen molar-refractivity contribution >= 4 is 16.6 Å². The van der Waals surface area contributed by atoms with E-state index in [4.69, 9.17) is 0 Å². The summed E-state index contributed by atoms with van der Waals surface area (Å²) in [5, 5.41) is 11.6. The van der Waals surface area contributed by atoms with Gasteiger partial charge in [0.05, 0.1) is 10.4 Å². The second-order valence-electron chi connectivity index (χ2n) is 3.34. The summed E-state index contributed by atoms with van der Waals surface area (Å²) in [4.78, 5) is 10.2. The largest absolute Gasteiger partial charge is 0.348 e. The number of benzene rings is 1. The first-order valence-electron chi connectivity index (χ1n) is 4.30. The Hall–Kier alpha value is -1.84. The van der Waals surface area contributed by atoms with E-state index in [0.29, 0.717) is 0 Å². The van der Waals surface area contributed by atoms with E-state index in [9.17, 15) is 10.1 Å². The van der Waals surface area contributed by atoms with Crippen LogP contribution in [0.3, 0.4) is 0 Å². The lowest BCUT2D eigenvalue weighted by Crippen LogP contribution is -1.91. The topological polar surface area (TPSA) is 48.1 Å². The molecule has 1 aromatic heterocycles. The molecule has 72 valence electrons. The molecule has 2 rings (SSSR count). The first-order chi connectivity index (χ1) is 6.59. The number of hydrogen-bond acceptors (Lipinski definition) is 2. The minimum Gasteiger partial charge on any atom is -0.348 e. The van der Waals surface area contributed by atoms with Crippen LogP contribution in [0.15, 0.2) is 24.3 Å². The van der Waals surface area contributed by atoms with Crippen molar-refractivity contribution in [2.45, 2.75) is 6.92 Å². The van der Waals surface area contributed by atoms with E-state index >= 15 is 0 Å². The molecule has 1 aromatic carbocycles. The molecule has 1 heterocycles. The average Bonchev–Trinajstić information content (AvgIpc) is 2.43. The van der Waals surface area contributed by atoms with Crippen LogP contribution in [0.4, 0.5) is 5.69 Å². The number of hydrogen-bond donors (Lipinski definition) is 0. The molecule has 0 spiro atoms. The molecule has 0 atom stereocenters. The number of fused-ring (bicyclic) bond motifs is 1. The van der Waals surface area contributed by atoms with Crippen molar-refractivity contribution in [3.8, 4) is 0 Å². The maximum absolute atomic E-state index is 10.6. The number of non-ortho nitro benzene ring substituents is 1. The molecule has 0 amide bonds. The van der Waals surface area contributed by atoms with Gasteiger partial charge in [0.1, 0.15) is 0 Å². The SMILES string of the molecule is Cc1cc2ccc([N+](=O)[O-])cc2n1C. The van der Waals surface area contributed by atoms with Gasteiger partial charge in [-0.15, -0.1) is 0 Å². The zero-order chi connectivity index (χ0) is 10.3. The number of aryl methyl sites for hydroxylation is 2. The Kier molecular flexibility index (Phi) is 1.77. The maximum Gasteiger partial charge on any atom is 0.271 e. The Morgan fingerprint density at radius 2 is 2.07 bits per heavy atom. The van der Waals surface area contributed by atoms with E-state index in [-0.39, 0.29) is 10.6 Å². The predicted molar refractivity (Wildman–Crippen MR) is 54.3 cm³/mol. The average molecular weight is 190 g/mol. The van der Waals surface area contributed by atoms with Crippen LogP contribution in [0.25, 0.3) is 10.9 Å². The number of nitro groups is 1. The molecule has 0 saturated heterocycles. The van der Waals surface area contributed by atoms with Crippen LogP contribution >= 0.6 is 0 Å². The zero-order valence-corrected chi connectivity index (χ0v) is 8.02. The molecule has 0 N–H and O–H groups in total. The van der Waals surface area contributed by atoms with Gasteiger partial charge >= 0.3 is 0 Å². The van der Waals surface area contributed by atoms with Crippen LogP contribution in [0.2, 0.25) is 0 Å². The molecule has 0 aliphatic heterocycles. The van der Waals surface area contributed by atoms with Gasteiger partial charge in [0.25, 0.3) is 5.69 Å². The molecular formula is C10H10N2O2. The number of rotatable bonds is 1. The molecule has 4 nitrogen and oxygen atoms in total. The van der Waals surface area contributed by atoms with E-state index in [2.05, 4.69) is 0 Å². The summed E-state index contributed by atoms with van der Waals surface area (Å²) in [6.45, 7) is 1.98. The molecule has 14 heavy (non-hydrogen) atoms. The third-order valence-electron chi connectivity index (χ3n) is 2.48. The lowest BCUT2D eigenvalue weighted by atomic mass is 10.2. The van der Waals surface area contributed by atoms with Crippen molar-refractivity contribution in [3.05, 3.63) is 40.1 Å². The highest BCUT2D eigenvalue weighted by Crippen LogP contribution is 2.23. The molecule has 0 aliphatic carbocycles. The first kappa shape index (κ1) is 8.74. The Balaban J connectivity index is 2.76. The number of nitro benzene ring substituents is 1. The van der Waals surface area contributed by atoms with E-state index in [1.807, 2.05) is 24.6 Å². The Bertz CT molecular complexity index is 514. The van der Waals surface area contributed by atoms with Gasteiger partial charge in [0.2, 0.25) is 0 Å². The van der Waals surface area contributed by atoms with Gasteiger partial charge in [-0.25, -0.2) is 0 Å². The van der Waals surface area contributed by atoms with Crippen LogP contribution in [0, 0.1) is 17.0 Å². The Morgan fingerprint density at radius 3 is 2.71 bits per heavy atom. The fourth-order valence-electron chi connectivity index (χ4n) is 1.57. The first-order valence-corrected chi connectivity index (χ1v) is 4.30. The molecule has 0 bridgehead atoms. The molecule has 0 aliphatic rings. The van der Waals surface area contributed by atoms with Gasteiger partial charge in [0, 0.05) is 30.3 Å². The van der Waals surface area contributed by atoms with Crippen LogP contribution in [-0.2, 0) is 7.05 Å². The highest BCUT2D eigenvalue weighted by molar-refractivity contribution is 5.83. The summed E-state index contributed by atoms with van der Waals surface area (Å²) < 4.78 is 1.95. The second-order valence-corrected chi connectivity index (χ2v) is 3.34. The van der Waals surface area contributed by atoms with E-state index in [1.54, 1.807) is 12.1 Å². The van der Waals surface area contributed by atoms with Crippen molar-refractivity contribution in [1.82, 2.24) is 4.57 Å². The lowest BCUT2D eigenvalue weighted by Gasteiger charge is -1.97. The van der Waals surface area contributed by atoms with Crippen molar-refractivity contribution in [3.63, 3.8) is 0 Å². The van der Waals surface area contributed by atoms with Crippen molar-refractivity contribution < 1.29 is 4.92 Å². The fourth-order valence-corrected chi connectivity index (χ4v) is 1.57. The predicted octanol–water partition coefficient (Wildman–Crippen LogP) is 2.39. The van der Waals surface area contributed by atoms with Gasteiger partial charge in [-0.05, 0) is 19.1 Å². The van der Waals surface area contributed by atoms with Crippen LogP contribution < -0.4 is 0 Å². The fraction of sp³-hybridized carbons (Fsp3) is 0.200. The summed E-state index contributed by atoms with van der Waals surface area (Å²) in [7, 11) is 1.90. The van der Waals surface area contributed by atoms with Gasteiger partial charge < -0.3 is 4.57 Å². The van der Waals surface area contributed by atoms with Crippen molar-refractivity contribution in [2.75, 3.05) is 0 Å². The van der Waals surface area contributed by atoms with Crippen LogP contribution in [-0.4, -0.2) is 9.49 Å². The van der Waals surface area contributed by atoms with E-state index in [1.165, 1.54) is 6.07 Å². The second kappa shape index (κ2) is 2.83. The highest BCUT2D eigenvalue weighted by atomic mass is 16.6. The van der Waals surface area contributed by atoms with Crippen LogP contribution in [0.1, 0.15) is 5.69 Å². The standard InChI is InChI=1S/C10H10N2O2/c1-7-5-8-3-4-9(12(13)14)6-10(8)11(7)2/h3-6H,1-2H3. The lowest BCUT2D eigenvalue weighted by molar-refractivity contribution is -0.384. The maximum atomic E-state index is 10.6. The number of aromatic nitrogens is 1. The van der Waals surface area contributed by atoms with Crippen LogP contribution in [0.5, 0.6) is 0 Å². The number of nitrogens with zero attached hydrogens (tertiary/aromatic N) is 2. The summed E-state index contributed by atoms with van der Waals surface area (Å²) in [6, 6.07) is 6.92. The summed E-state index contributed by atoms with van der Waals surface area (Å²) in [6.07, 6.45) is 0. The molecule has 0 fully saturated rings. The smallest absolute Gasteiger partial charge is 0.271 e. The molecule has 0 unspecified atom stereocenters. The summed E-state index contributed by atoms with van der Waals surface area (Å²) in [5.74, 6) is 0. The molecule has 0 saturated carbocycles. The molecular weight excluding hydrogens is 180 g/mol. The third-order valence-corrected chi connectivity index (χ3v) is 2.48.